The van der Waals surface area contributed by atoms with E-state index in [1.807, 2.05) is 18.2 Å². The van der Waals surface area contributed by atoms with Crippen molar-refractivity contribution in [3.63, 3.8) is 0 Å². The van der Waals surface area contributed by atoms with E-state index in [4.69, 9.17) is 4.42 Å². The Labute approximate surface area is 170 Å². The standard InChI is InChI=1S/C23H27N3O3/c27-22(8-5-15-26-20-6-1-2-7-21(20)29-23(26)28)24-16-18-9-11-19(12-10-18)17-25-13-3-4-14-25/h1-2,6-7,9-12H,3-5,8,13-17H2,(H,24,27). The number of carbonyl (C=O) groups excluding carboxylic acids is 1. The SMILES string of the molecule is O=C(CCCn1c(=O)oc2ccccc21)NCc1ccc(CN2CCCC2)cc1. The number of hydrogen-bond acceptors (Lipinski definition) is 4. The van der Waals surface area contributed by atoms with Crippen molar-refractivity contribution in [1.82, 2.24) is 14.8 Å². The molecule has 4 rings (SSSR count). The molecular formula is C23H27N3O3. The van der Waals surface area contributed by atoms with Gasteiger partial charge in [0, 0.05) is 26.1 Å². The lowest BCUT2D eigenvalue weighted by Gasteiger charge is -2.14. The van der Waals surface area contributed by atoms with Crippen molar-refractivity contribution >= 4 is 17.0 Å². The Balaban J connectivity index is 1.22. The fourth-order valence-electron chi connectivity index (χ4n) is 3.87. The summed E-state index contributed by atoms with van der Waals surface area (Å²) in [5, 5.41) is 2.96. The molecule has 152 valence electrons. The summed E-state index contributed by atoms with van der Waals surface area (Å²) in [6.45, 7) is 4.39. The number of nitrogens with one attached hydrogen (secondary N) is 1. The van der Waals surface area contributed by atoms with E-state index in [-0.39, 0.29) is 11.7 Å². The zero-order valence-electron chi connectivity index (χ0n) is 16.6. The van der Waals surface area contributed by atoms with Gasteiger partial charge in [-0.15, -0.1) is 0 Å². The highest BCUT2D eigenvalue weighted by atomic mass is 16.4. The molecule has 0 saturated carbocycles. The fourth-order valence-corrected chi connectivity index (χ4v) is 3.87. The second kappa shape index (κ2) is 9.09. The molecule has 0 spiro atoms. The molecule has 1 saturated heterocycles. The molecule has 0 atom stereocenters. The Kier molecular flexibility index (Phi) is 6.10. The maximum atomic E-state index is 12.2. The highest BCUT2D eigenvalue weighted by Gasteiger charge is 2.12. The van der Waals surface area contributed by atoms with E-state index < -0.39 is 0 Å². The largest absolute Gasteiger partial charge is 0.419 e. The number of para-hydroxylation sites is 2. The lowest BCUT2D eigenvalue weighted by Crippen LogP contribution is -2.23. The van der Waals surface area contributed by atoms with Gasteiger partial charge in [-0.05, 0) is 55.6 Å². The highest BCUT2D eigenvalue weighted by Crippen LogP contribution is 2.14. The molecule has 1 aromatic heterocycles. The summed E-state index contributed by atoms with van der Waals surface area (Å²) in [6.07, 6.45) is 3.56. The van der Waals surface area contributed by atoms with E-state index in [0.717, 1.165) is 17.6 Å². The van der Waals surface area contributed by atoms with Crippen LogP contribution < -0.4 is 11.1 Å². The van der Waals surface area contributed by atoms with Crippen molar-refractivity contribution in [2.45, 2.75) is 45.3 Å². The monoisotopic (exact) mass is 393 g/mol. The van der Waals surface area contributed by atoms with Crippen molar-refractivity contribution in [1.29, 1.82) is 0 Å². The minimum Gasteiger partial charge on any atom is -0.408 e. The number of oxazole rings is 1. The summed E-state index contributed by atoms with van der Waals surface area (Å²) in [7, 11) is 0. The number of likely N-dealkylation sites (tertiary alicyclic amines) is 1. The molecule has 6 heteroatoms. The van der Waals surface area contributed by atoms with Crippen LogP contribution in [0.3, 0.4) is 0 Å². The van der Waals surface area contributed by atoms with Crippen LogP contribution in [0.2, 0.25) is 0 Å². The van der Waals surface area contributed by atoms with Gasteiger partial charge in [0.05, 0.1) is 5.52 Å². The molecule has 1 aliphatic rings. The predicted molar refractivity (Wildman–Crippen MR) is 113 cm³/mol. The number of fused-ring (bicyclic) bond motifs is 1. The van der Waals surface area contributed by atoms with E-state index in [0.29, 0.717) is 31.5 Å². The topological polar surface area (TPSA) is 67.5 Å². The summed E-state index contributed by atoms with van der Waals surface area (Å²) in [4.78, 5) is 26.6. The lowest BCUT2D eigenvalue weighted by atomic mass is 10.1. The average Bonchev–Trinajstić information content (AvgIpc) is 3.35. The predicted octanol–water partition coefficient (Wildman–Crippen LogP) is 3.29. The normalized spacial score (nSPS) is 14.5. The number of aryl methyl sites for hydroxylation is 1. The summed E-state index contributed by atoms with van der Waals surface area (Å²) in [5.74, 6) is -0.382. The van der Waals surface area contributed by atoms with E-state index in [9.17, 15) is 9.59 Å². The second-order valence-corrected chi connectivity index (χ2v) is 7.67. The van der Waals surface area contributed by atoms with Crippen LogP contribution >= 0.6 is 0 Å². The molecule has 2 aromatic carbocycles. The Hall–Kier alpha value is -2.86. The van der Waals surface area contributed by atoms with Gasteiger partial charge in [-0.3, -0.25) is 14.3 Å². The van der Waals surface area contributed by atoms with Crippen LogP contribution in [0.4, 0.5) is 0 Å². The van der Waals surface area contributed by atoms with Crippen LogP contribution in [0.5, 0.6) is 0 Å². The van der Waals surface area contributed by atoms with Crippen molar-refractivity contribution < 1.29 is 9.21 Å². The van der Waals surface area contributed by atoms with E-state index in [2.05, 4.69) is 34.5 Å². The van der Waals surface area contributed by atoms with Crippen LogP contribution in [0.1, 0.15) is 36.8 Å². The first-order chi connectivity index (χ1) is 14.2. The smallest absolute Gasteiger partial charge is 0.408 e. The Morgan fingerprint density at radius 1 is 1.00 bits per heavy atom. The zero-order valence-corrected chi connectivity index (χ0v) is 16.6. The molecule has 0 unspecified atom stereocenters. The second-order valence-electron chi connectivity index (χ2n) is 7.67. The van der Waals surface area contributed by atoms with Crippen LogP contribution in [0, 0.1) is 0 Å². The van der Waals surface area contributed by atoms with Crippen molar-refractivity contribution in [3.8, 4) is 0 Å². The molecule has 1 aliphatic heterocycles. The Morgan fingerprint density at radius 3 is 2.52 bits per heavy atom. The van der Waals surface area contributed by atoms with E-state index >= 15 is 0 Å². The number of carbonyl (C=O) groups is 1. The fraction of sp³-hybridized carbons (Fsp3) is 0.391. The van der Waals surface area contributed by atoms with Gasteiger partial charge in [-0.1, -0.05) is 36.4 Å². The summed E-state index contributed by atoms with van der Waals surface area (Å²) in [5.41, 5.74) is 3.77. The molecule has 1 N–H and O–H groups in total. The van der Waals surface area contributed by atoms with Crippen molar-refractivity contribution in [3.05, 3.63) is 70.2 Å². The minimum atomic E-state index is -0.374. The number of aromatic nitrogens is 1. The number of rotatable bonds is 8. The van der Waals surface area contributed by atoms with Crippen LogP contribution in [-0.4, -0.2) is 28.5 Å². The molecule has 3 aromatic rings. The number of amides is 1. The zero-order chi connectivity index (χ0) is 20.1. The molecule has 6 nitrogen and oxygen atoms in total. The molecule has 0 radical (unpaired) electrons. The third-order valence-electron chi connectivity index (χ3n) is 5.48. The van der Waals surface area contributed by atoms with Gasteiger partial charge in [0.1, 0.15) is 0 Å². The van der Waals surface area contributed by atoms with Crippen LogP contribution in [-0.2, 0) is 24.4 Å². The van der Waals surface area contributed by atoms with E-state index in [1.54, 1.807) is 10.6 Å². The molecular weight excluding hydrogens is 366 g/mol. The molecule has 29 heavy (non-hydrogen) atoms. The number of nitrogens with zero attached hydrogens (tertiary/aromatic N) is 2. The first-order valence-electron chi connectivity index (χ1n) is 10.3. The number of hydrogen-bond donors (Lipinski definition) is 1. The molecule has 1 amide bonds. The van der Waals surface area contributed by atoms with Gasteiger partial charge >= 0.3 is 5.76 Å². The molecule has 0 bridgehead atoms. The third kappa shape index (κ3) is 4.95. The Bertz CT molecular complexity index is 1010. The maximum absolute atomic E-state index is 12.2. The third-order valence-corrected chi connectivity index (χ3v) is 5.48. The van der Waals surface area contributed by atoms with Gasteiger partial charge in [-0.2, -0.15) is 0 Å². The summed E-state index contributed by atoms with van der Waals surface area (Å²) in [6, 6.07) is 15.8. The first-order valence-corrected chi connectivity index (χ1v) is 10.3. The maximum Gasteiger partial charge on any atom is 0.419 e. The van der Waals surface area contributed by atoms with Gasteiger partial charge in [0.25, 0.3) is 0 Å². The molecule has 1 fully saturated rings. The van der Waals surface area contributed by atoms with Gasteiger partial charge in [0.15, 0.2) is 5.58 Å². The lowest BCUT2D eigenvalue weighted by molar-refractivity contribution is -0.121. The van der Waals surface area contributed by atoms with Crippen LogP contribution in [0.25, 0.3) is 11.1 Å². The molecule has 2 heterocycles. The van der Waals surface area contributed by atoms with Gasteiger partial charge in [-0.25, -0.2) is 4.79 Å². The quantitative estimate of drug-likeness (QED) is 0.638. The first kappa shape index (κ1) is 19.5. The van der Waals surface area contributed by atoms with Gasteiger partial charge in [0.2, 0.25) is 5.91 Å². The van der Waals surface area contributed by atoms with Crippen LogP contribution in [0.15, 0.2) is 57.7 Å². The minimum absolute atomic E-state index is 0.00741. The highest BCUT2D eigenvalue weighted by molar-refractivity contribution is 5.76. The van der Waals surface area contributed by atoms with Crippen molar-refractivity contribution in [2.75, 3.05) is 13.1 Å². The van der Waals surface area contributed by atoms with Crippen molar-refractivity contribution in [2.24, 2.45) is 0 Å². The Morgan fingerprint density at radius 2 is 1.72 bits per heavy atom. The average molecular weight is 393 g/mol. The summed E-state index contributed by atoms with van der Waals surface area (Å²) >= 11 is 0. The number of benzene rings is 2. The van der Waals surface area contributed by atoms with Gasteiger partial charge < -0.3 is 9.73 Å². The summed E-state index contributed by atoms with van der Waals surface area (Å²) < 4.78 is 6.80. The van der Waals surface area contributed by atoms with E-state index in [1.165, 1.54) is 31.5 Å². The molecule has 0 aliphatic carbocycles.